The summed E-state index contributed by atoms with van der Waals surface area (Å²) in [7, 11) is -3.50. The van der Waals surface area contributed by atoms with Gasteiger partial charge in [-0.25, -0.2) is 13.4 Å². The number of hydrogen-bond donors (Lipinski definition) is 2. The standard InChI is InChI=1S/C17H13ClN4O2S/c18-12-4-1-3-11(7-12)10-25(23,24)13-8-15(20-9-13)16-14-5-2-6-19-17(14)22-21-16/h1-9,20H,10H2,(H,19,21,22). The van der Waals surface area contributed by atoms with Crippen LogP contribution in [0.1, 0.15) is 5.56 Å². The molecule has 0 aliphatic rings. The quantitative estimate of drug-likeness (QED) is 0.572. The molecular formula is C17H13ClN4O2S. The monoisotopic (exact) mass is 372 g/mol. The Morgan fingerprint density at radius 3 is 2.84 bits per heavy atom. The second-order valence-corrected chi connectivity index (χ2v) is 8.04. The van der Waals surface area contributed by atoms with E-state index in [1.165, 1.54) is 6.20 Å². The van der Waals surface area contributed by atoms with Gasteiger partial charge in [0.15, 0.2) is 15.5 Å². The van der Waals surface area contributed by atoms with E-state index in [-0.39, 0.29) is 10.6 Å². The molecule has 126 valence electrons. The summed E-state index contributed by atoms with van der Waals surface area (Å²) in [4.78, 5) is 7.38. The maximum absolute atomic E-state index is 12.7. The van der Waals surface area contributed by atoms with E-state index in [1.807, 2.05) is 6.07 Å². The normalized spacial score (nSPS) is 11.9. The fraction of sp³-hybridized carbons (Fsp3) is 0.0588. The molecule has 25 heavy (non-hydrogen) atoms. The highest BCUT2D eigenvalue weighted by molar-refractivity contribution is 7.90. The Morgan fingerprint density at radius 1 is 1.12 bits per heavy atom. The van der Waals surface area contributed by atoms with Gasteiger partial charge in [-0.15, -0.1) is 0 Å². The molecule has 0 atom stereocenters. The molecule has 4 aromatic rings. The van der Waals surface area contributed by atoms with Crippen LogP contribution in [-0.2, 0) is 15.6 Å². The molecule has 1 aromatic carbocycles. The molecule has 6 nitrogen and oxygen atoms in total. The van der Waals surface area contributed by atoms with Gasteiger partial charge in [-0.1, -0.05) is 23.7 Å². The van der Waals surface area contributed by atoms with Gasteiger partial charge in [0.2, 0.25) is 0 Å². The molecule has 2 N–H and O–H groups in total. The number of halogens is 1. The molecule has 0 radical (unpaired) electrons. The molecule has 0 spiro atoms. The number of sulfone groups is 1. The highest BCUT2D eigenvalue weighted by Gasteiger charge is 2.19. The van der Waals surface area contributed by atoms with Crippen molar-refractivity contribution in [2.45, 2.75) is 10.6 Å². The average molecular weight is 373 g/mol. The number of fused-ring (bicyclic) bond motifs is 1. The van der Waals surface area contributed by atoms with E-state index in [1.54, 1.807) is 42.6 Å². The van der Waals surface area contributed by atoms with Gasteiger partial charge in [0, 0.05) is 22.8 Å². The number of benzene rings is 1. The van der Waals surface area contributed by atoms with Crippen molar-refractivity contribution >= 4 is 32.5 Å². The fourth-order valence-corrected chi connectivity index (χ4v) is 4.21. The second-order valence-electron chi connectivity index (χ2n) is 5.61. The number of nitrogens with one attached hydrogen (secondary N) is 2. The van der Waals surface area contributed by atoms with Crippen molar-refractivity contribution in [3.05, 3.63) is 65.4 Å². The Morgan fingerprint density at radius 2 is 2.00 bits per heavy atom. The van der Waals surface area contributed by atoms with Crippen LogP contribution in [0.15, 0.2) is 59.8 Å². The number of hydrogen-bond acceptors (Lipinski definition) is 4. The van der Waals surface area contributed by atoms with E-state index in [0.29, 0.717) is 27.6 Å². The van der Waals surface area contributed by atoms with Crippen LogP contribution < -0.4 is 0 Å². The first-order valence-electron chi connectivity index (χ1n) is 7.48. The first-order chi connectivity index (χ1) is 12.0. The van der Waals surface area contributed by atoms with Crippen LogP contribution in [0.5, 0.6) is 0 Å². The van der Waals surface area contributed by atoms with Crippen molar-refractivity contribution in [1.29, 1.82) is 0 Å². The van der Waals surface area contributed by atoms with Gasteiger partial charge in [-0.2, -0.15) is 5.10 Å². The smallest absolute Gasteiger partial charge is 0.184 e. The van der Waals surface area contributed by atoms with E-state index in [4.69, 9.17) is 11.6 Å². The number of aromatic amines is 2. The molecule has 0 saturated carbocycles. The Labute approximate surface area is 148 Å². The van der Waals surface area contributed by atoms with Crippen molar-refractivity contribution in [3.8, 4) is 11.4 Å². The van der Waals surface area contributed by atoms with Crippen molar-refractivity contribution < 1.29 is 8.42 Å². The molecule has 3 aromatic heterocycles. The van der Waals surface area contributed by atoms with E-state index in [0.717, 1.165) is 5.39 Å². The molecule has 8 heteroatoms. The highest BCUT2D eigenvalue weighted by Crippen LogP contribution is 2.27. The van der Waals surface area contributed by atoms with Crippen molar-refractivity contribution in [2.24, 2.45) is 0 Å². The lowest BCUT2D eigenvalue weighted by molar-refractivity contribution is 0.595. The number of pyridine rings is 1. The van der Waals surface area contributed by atoms with Gasteiger partial charge >= 0.3 is 0 Å². The van der Waals surface area contributed by atoms with Crippen molar-refractivity contribution in [2.75, 3.05) is 0 Å². The third kappa shape index (κ3) is 3.04. The van der Waals surface area contributed by atoms with Gasteiger partial charge in [-0.3, -0.25) is 5.10 Å². The van der Waals surface area contributed by atoms with Gasteiger partial charge in [0.25, 0.3) is 0 Å². The van der Waals surface area contributed by atoms with E-state index in [2.05, 4.69) is 20.2 Å². The molecule has 0 saturated heterocycles. The van der Waals surface area contributed by atoms with E-state index in [9.17, 15) is 8.42 Å². The summed E-state index contributed by atoms with van der Waals surface area (Å²) in [5, 5.41) is 8.40. The molecule has 0 aliphatic heterocycles. The van der Waals surface area contributed by atoms with Crippen molar-refractivity contribution in [3.63, 3.8) is 0 Å². The lowest BCUT2D eigenvalue weighted by atomic mass is 10.2. The predicted molar refractivity (Wildman–Crippen MR) is 96.0 cm³/mol. The van der Waals surface area contributed by atoms with Crippen LogP contribution in [0.25, 0.3) is 22.4 Å². The first-order valence-corrected chi connectivity index (χ1v) is 9.51. The zero-order valence-electron chi connectivity index (χ0n) is 12.9. The van der Waals surface area contributed by atoms with Crippen LogP contribution in [0.4, 0.5) is 0 Å². The van der Waals surface area contributed by atoms with Gasteiger partial charge < -0.3 is 4.98 Å². The number of rotatable bonds is 4. The average Bonchev–Trinajstić information content (AvgIpc) is 3.21. The largest absolute Gasteiger partial charge is 0.359 e. The number of H-pyrrole nitrogens is 2. The van der Waals surface area contributed by atoms with Crippen LogP contribution in [0.3, 0.4) is 0 Å². The summed E-state index contributed by atoms with van der Waals surface area (Å²) in [6.45, 7) is 0. The van der Waals surface area contributed by atoms with Gasteiger partial charge in [0.1, 0.15) is 5.69 Å². The third-order valence-corrected chi connectivity index (χ3v) is 5.76. The number of aromatic nitrogens is 4. The first kappa shape index (κ1) is 15.9. The van der Waals surface area contributed by atoms with Crippen LogP contribution in [-0.4, -0.2) is 28.6 Å². The summed E-state index contributed by atoms with van der Waals surface area (Å²) in [5.74, 6) is -0.117. The van der Waals surface area contributed by atoms with E-state index < -0.39 is 9.84 Å². The fourth-order valence-electron chi connectivity index (χ4n) is 2.68. The lowest BCUT2D eigenvalue weighted by Gasteiger charge is -2.02. The molecule has 0 bridgehead atoms. The summed E-state index contributed by atoms with van der Waals surface area (Å²) < 4.78 is 25.3. The Hall–Kier alpha value is -2.64. The van der Waals surface area contributed by atoms with Crippen LogP contribution in [0, 0.1) is 0 Å². The SMILES string of the molecule is O=S(=O)(Cc1cccc(Cl)c1)c1c[nH]c(-c2n[nH]c3ncccc23)c1. The molecule has 0 unspecified atom stereocenters. The zero-order chi connectivity index (χ0) is 17.4. The van der Waals surface area contributed by atoms with Crippen molar-refractivity contribution in [1.82, 2.24) is 20.2 Å². The van der Waals surface area contributed by atoms with Gasteiger partial charge in [0.05, 0.1) is 16.3 Å². The summed E-state index contributed by atoms with van der Waals surface area (Å²) >= 11 is 5.93. The van der Waals surface area contributed by atoms with Crippen LogP contribution in [0.2, 0.25) is 5.02 Å². The lowest BCUT2D eigenvalue weighted by Crippen LogP contribution is -2.03. The maximum Gasteiger partial charge on any atom is 0.184 e. The number of nitrogens with zero attached hydrogens (tertiary/aromatic N) is 2. The summed E-state index contributed by atoms with van der Waals surface area (Å²) in [6.07, 6.45) is 3.14. The van der Waals surface area contributed by atoms with Gasteiger partial charge in [-0.05, 0) is 35.9 Å². The summed E-state index contributed by atoms with van der Waals surface area (Å²) in [6, 6.07) is 12.1. The minimum atomic E-state index is -3.50. The van der Waals surface area contributed by atoms with E-state index >= 15 is 0 Å². The molecule has 0 amide bonds. The highest BCUT2D eigenvalue weighted by atomic mass is 35.5. The predicted octanol–water partition coefficient (Wildman–Crippen LogP) is 3.58. The Bertz CT molecular complexity index is 1160. The topological polar surface area (TPSA) is 91.5 Å². The summed E-state index contributed by atoms with van der Waals surface area (Å²) in [5.41, 5.74) is 2.54. The second kappa shape index (κ2) is 6.02. The zero-order valence-corrected chi connectivity index (χ0v) is 14.5. The molecule has 3 heterocycles. The van der Waals surface area contributed by atoms with Crippen LogP contribution >= 0.6 is 11.6 Å². The molecule has 0 aliphatic carbocycles. The minimum Gasteiger partial charge on any atom is -0.359 e. The molecule has 0 fully saturated rings. The maximum atomic E-state index is 12.7. The Kier molecular flexibility index (Phi) is 3.82. The minimum absolute atomic E-state index is 0.117. The Balaban J connectivity index is 1.68. The third-order valence-electron chi connectivity index (χ3n) is 3.85. The molecule has 4 rings (SSSR count). The molecular weight excluding hydrogens is 360 g/mol.